The van der Waals surface area contributed by atoms with Gasteiger partial charge in [-0.25, -0.2) is 0 Å². The number of aromatic nitrogens is 1. The molecule has 0 atom stereocenters. The zero-order valence-electron chi connectivity index (χ0n) is 13.3. The van der Waals surface area contributed by atoms with Gasteiger partial charge in [-0.1, -0.05) is 46.3 Å². The van der Waals surface area contributed by atoms with Gasteiger partial charge in [-0.15, -0.1) is 11.3 Å². The molecule has 7 heteroatoms. The number of hydrogen-bond donors (Lipinski definition) is 1. The molecular weight excluding hydrogens is 414 g/mol. The van der Waals surface area contributed by atoms with Gasteiger partial charge in [0.15, 0.2) is 4.98 Å². The number of pyridine rings is 1. The molecule has 1 N–H and O–H groups in total. The standard InChI is InChI=1S/C19H10BrN3O2S/c20-12-8-6-11(7-9-12)15-10-14-18(26-15)17(24)16(22-21)19(25)23(14)13-4-2-1-3-5-13/h1-10H/p+1. The van der Waals surface area contributed by atoms with E-state index in [2.05, 4.69) is 20.9 Å². The van der Waals surface area contributed by atoms with E-state index in [1.54, 1.807) is 12.1 Å². The van der Waals surface area contributed by atoms with Crippen LogP contribution in [0, 0.1) is 5.39 Å². The number of nitrogens with zero attached hydrogens (tertiary/aromatic N) is 3. The zero-order valence-corrected chi connectivity index (χ0v) is 15.7. The lowest BCUT2D eigenvalue weighted by Gasteiger charge is -2.06. The monoisotopic (exact) mass is 424 g/mol. The smallest absolute Gasteiger partial charge is 0.492 e. The van der Waals surface area contributed by atoms with Crippen molar-refractivity contribution in [2.45, 2.75) is 0 Å². The van der Waals surface area contributed by atoms with Crippen molar-refractivity contribution in [1.82, 2.24) is 4.57 Å². The molecule has 2 aromatic heterocycles. The van der Waals surface area contributed by atoms with E-state index in [0.717, 1.165) is 14.9 Å². The summed E-state index contributed by atoms with van der Waals surface area (Å²) in [4.78, 5) is 16.7. The fourth-order valence-electron chi connectivity index (χ4n) is 2.82. The highest BCUT2D eigenvalue weighted by Crippen LogP contribution is 2.41. The fraction of sp³-hybridized carbons (Fsp3) is 0. The molecule has 4 rings (SSSR count). The van der Waals surface area contributed by atoms with Crippen molar-refractivity contribution >= 4 is 43.2 Å². The molecule has 126 valence electrons. The average Bonchev–Trinajstić information content (AvgIpc) is 3.09. The lowest BCUT2D eigenvalue weighted by Crippen LogP contribution is -2.17. The molecule has 0 bridgehead atoms. The Labute approximate surface area is 160 Å². The van der Waals surface area contributed by atoms with Crippen LogP contribution in [-0.2, 0) is 0 Å². The summed E-state index contributed by atoms with van der Waals surface area (Å²) in [6, 6.07) is 18.7. The van der Waals surface area contributed by atoms with Crippen molar-refractivity contribution in [3.63, 3.8) is 0 Å². The van der Waals surface area contributed by atoms with Gasteiger partial charge in [-0.05, 0) is 35.9 Å². The van der Waals surface area contributed by atoms with Gasteiger partial charge in [0.05, 0.1) is 5.52 Å². The van der Waals surface area contributed by atoms with Crippen molar-refractivity contribution in [2.24, 2.45) is 0 Å². The Morgan fingerprint density at radius 1 is 1.08 bits per heavy atom. The number of thiophene rings is 1. The number of benzene rings is 2. The number of diazo groups is 1. The van der Waals surface area contributed by atoms with Crippen LogP contribution in [0.1, 0.15) is 0 Å². The molecule has 0 aliphatic carbocycles. The molecule has 0 saturated carbocycles. The van der Waals surface area contributed by atoms with Crippen LogP contribution >= 0.6 is 27.3 Å². The summed E-state index contributed by atoms with van der Waals surface area (Å²) in [5, 5.41) is 19.7. The van der Waals surface area contributed by atoms with E-state index in [1.165, 1.54) is 15.9 Å². The van der Waals surface area contributed by atoms with Crippen molar-refractivity contribution < 1.29 is 5.11 Å². The molecule has 0 saturated heterocycles. The molecule has 0 aliphatic rings. The van der Waals surface area contributed by atoms with Crippen LogP contribution in [0.4, 0.5) is 5.69 Å². The van der Waals surface area contributed by atoms with E-state index in [4.69, 9.17) is 0 Å². The molecule has 0 radical (unpaired) electrons. The SMILES string of the molecule is N#[N+]c1c(O)c2sc(-c3ccc(Br)cc3)cc2n(-c2ccccc2)c1=O. The summed E-state index contributed by atoms with van der Waals surface area (Å²) in [6.07, 6.45) is 0. The van der Waals surface area contributed by atoms with E-state index >= 15 is 0 Å². The van der Waals surface area contributed by atoms with Crippen molar-refractivity contribution in [1.29, 1.82) is 5.39 Å². The normalized spacial score (nSPS) is 10.8. The number of rotatable bonds is 2. The summed E-state index contributed by atoms with van der Waals surface area (Å²) >= 11 is 4.75. The quantitative estimate of drug-likeness (QED) is 0.421. The van der Waals surface area contributed by atoms with Crippen molar-refractivity contribution in [2.75, 3.05) is 0 Å². The van der Waals surface area contributed by atoms with Crippen LogP contribution in [0.15, 0.2) is 69.9 Å². The highest BCUT2D eigenvalue weighted by atomic mass is 79.9. The Bertz CT molecular complexity index is 1220. The molecule has 0 amide bonds. The van der Waals surface area contributed by atoms with E-state index in [9.17, 15) is 15.3 Å². The third-order valence-electron chi connectivity index (χ3n) is 4.04. The molecule has 2 aromatic carbocycles. The first kappa shape index (κ1) is 16.5. The Morgan fingerprint density at radius 3 is 2.42 bits per heavy atom. The predicted octanol–water partition coefficient (Wildman–Crippen LogP) is 5.67. The lowest BCUT2D eigenvalue weighted by molar-refractivity contribution is 0.484. The first-order chi connectivity index (χ1) is 12.6. The molecular formula is C19H11BrN3O2S+. The lowest BCUT2D eigenvalue weighted by atomic mass is 10.2. The van der Waals surface area contributed by atoms with Crippen LogP contribution in [-0.4, -0.2) is 9.67 Å². The van der Waals surface area contributed by atoms with Gasteiger partial charge < -0.3 is 5.11 Å². The van der Waals surface area contributed by atoms with E-state index in [0.29, 0.717) is 15.9 Å². The topological polar surface area (TPSA) is 70.4 Å². The molecule has 0 unspecified atom stereocenters. The molecule has 2 heterocycles. The van der Waals surface area contributed by atoms with Gasteiger partial charge in [0, 0.05) is 15.0 Å². The molecule has 0 spiro atoms. The maximum atomic E-state index is 12.8. The maximum absolute atomic E-state index is 12.8. The molecule has 0 fully saturated rings. The van der Waals surface area contributed by atoms with Gasteiger partial charge in [-0.2, -0.15) is 0 Å². The number of halogens is 1. The van der Waals surface area contributed by atoms with E-state index in [-0.39, 0.29) is 11.4 Å². The van der Waals surface area contributed by atoms with Crippen LogP contribution in [0.3, 0.4) is 0 Å². The number of hydrogen-bond acceptors (Lipinski definition) is 4. The Kier molecular flexibility index (Phi) is 4.07. The van der Waals surface area contributed by atoms with E-state index < -0.39 is 5.56 Å². The van der Waals surface area contributed by atoms with Gasteiger partial charge in [0.1, 0.15) is 4.70 Å². The van der Waals surface area contributed by atoms with Gasteiger partial charge in [-0.3, -0.25) is 9.36 Å². The Hall–Kier alpha value is -2.95. The summed E-state index contributed by atoms with van der Waals surface area (Å²) in [5.74, 6) is -0.312. The number of para-hydroxylation sites is 1. The van der Waals surface area contributed by atoms with Gasteiger partial charge >= 0.3 is 11.2 Å². The summed E-state index contributed by atoms with van der Waals surface area (Å²) in [6.45, 7) is 0. The minimum atomic E-state index is -0.580. The second kappa shape index (κ2) is 6.41. The first-order valence-corrected chi connectivity index (χ1v) is 9.29. The van der Waals surface area contributed by atoms with Gasteiger partial charge in [0.25, 0.3) is 0 Å². The van der Waals surface area contributed by atoms with Crippen LogP contribution in [0.5, 0.6) is 5.75 Å². The number of aromatic hydroxyl groups is 1. The Morgan fingerprint density at radius 2 is 1.77 bits per heavy atom. The average molecular weight is 425 g/mol. The largest absolute Gasteiger partial charge is 0.500 e. The van der Waals surface area contributed by atoms with Crippen molar-refractivity contribution in [3.05, 3.63) is 80.5 Å². The van der Waals surface area contributed by atoms with Crippen LogP contribution in [0.2, 0.25) is 0 Å². The van der Waals surface area contributed by atoms with Crippen LogP contribution in [0.25, 0.3) is 31.3 Å². The second-order valence-electron chi connectivity index (χ2n) is 5.61. The minimum Gasteiger partial charge on any atom is -0.500 e. The number of fused-ring (bicyclic) bond motifs is 1. The summed E-state index contributed by atoms with van der Waals surface area (Å²) in [5.41, 5.74) is 1.21. The summed E-state index contributed by atoms with van der Waals surface area (Å²) < 4.78 is 2.90. The highest BCUT2D eigenvalue weighted by molar-refractivity contribution is 9.10. The molecule has 5 nitrogen and oxygen atoms in total. The predicted molar refractivity (Wildman–Crippen MR) is 107 cm³/mol. The summed E-state index contributed by atoms with van der Waals surface area (Å²) in [7, 11) is 0. The minimum absolute atomic E-state index is 0.312. The molecule has 26 heavy (non-hydrogen) atoms. The Balaban J connectivity index is 2.08. The maximum Gasteiger partial charge on any atom is 0.492 e. The molecule has 4 aromatic rings. The van der Waals surface area contributed by atoms with Crippen LogP contribution < -0.4 is 5.56 Å². The van der Waals surface area contributed by atoms with Gasteiger partial charge in [0.2, 0.25) is 11.1 Å². The fourth-order valence-corrected chi connectivity index (χ4v) is 4.18. The van der Waals surface area contributed by atoms with Crippen molar-refractivity contribution in [3.8, 4) is 21.9 Å². The highest BCUT2D eigenvalue weighted by Gasteiger charge is 2.28. The second-order valence-corrected chi connectivity index (χ2v) is 7.57. The van der Waals surface area contributed by atoms with E-state index in [1.807, 2.05) is 48.5 Å². The third-order valence-corrected chi connectivity index (χ3v) is 5.75. The molecule has 0 aliphatic heterocycles. The zero-order chi connectivity index (χ0) is 18.3. The first-order valence-electron chi connectivity index (χ1n) is 7.68. The third kappa shape index (κ3) is 2.60.